The fourth-order valence-corrected chi connectivity index (χ4v) is 5.24. The van der Waals surface area contributed by atoms with Crippen LogP contribution in [0.2, 0.25) is 0 Å². The maximum absolute atomic E-state index is 14.3. The quantitative estimate of drug-likeness (QED) is 0.930. The third kappa shape index (κ3) is 2.84. The first-order chi connectivity index (χ1) is 10.1. The summed E-state index contributed by atoms with van der Waals surface area (Å²) in [5.41, 5.74) is 7.00. The molecule has 1 aromatic carbocycles. The Kier molecular flexibility index (Phi) is 4.54. The number of benzene rings is 1. The zero-order chi connectivity index (χ0) is 15.0. The Bertz CT molecular complexity index is 640. The highest BCUT2D eigenvalue weighted by Crippen LogP contribution is 2.35. The van der Waals surface area contributed by atoms with Crippen LogP contribution in [0.4, 0.5) is 4.39 Å². The number of hydrogen-bond acceptors (Lipinski definition) is 4. The lowest BCUT2D eigenvalue weighted by Crippen LogP contribution is -2.44. The molecule has 0 amide bonds. The molecule has 2 N–H and O–H groups in total. The van der Waals surface area contributed by atoms with E-state index in [0.717, 1.165) is 39.4 Å². The minimum absolute atomic E-state index is 0.120. The number of nitrogens with two attached hydrogens (primary N) is 1. The van der Waals surface area contributed by atoms with Gasteiger partial charge >= 0.3 is 0 Å². The highest BCUT2D eigenvalue weighted by Gasteiger charge is 2.27. The molecule has 1 saturated heterocycles. The molecule has 0 bridgehead atoms. The minimum Gasteiger partial charge on any atom is -0.326 e. The lowest BCUT2D eigenvalue weighted by Gasteiger charge is -2.37. The van der Waals surface area contributed by atoms with Crippen LogP contribution in [0.25, 0.3) is 10.1 Å². The lowest BCUT2D eigenvalue weighted by atomic mass is 10.1. The predicted octanol–water partition coefficient (Wildman–Crippen LogP) is 3.82. The van der Waals surface area contributed by atoms with E-state index in [9.17, 15) is 4.39 Å². The average Bonchev–Trinajstić information content (AvgIpc) is 2.83. The van der Waals surface area contributed by atoms with Gasteiger partial charge in [0.1, 0.15) is 5.82 Å². The monoisotopic (exact) mass is 324 g/mol. The summed E-state index contributed by atoms with van der Waals surface area (Å²) >= 11 is 3.65. The standard InChI is InChI=1S/C16H21FN2S2/c1-10-11(2)20-7-6-19(10)9-12-15(8-18)21-14-5-3-4-13(17)16(12)14/h3-5,10-11H,6-9,18H2,1-2H3. The van der Waals surface area contributed by atoms with Crippen molar-refractivity contribution in [1.29, 1.82) is 0 Å². The number of thioether (sulfide) groups is 1. The number of hydrogen-bond donors (Lipinski definition) is 1. The van der Waals surface area contributed by atoms with E-state index < -0.39 is 0 Å². The van der Waals surface area contributed by atoms with Crippen molar-refractivity contribution in [2.24, 2.45) is 5.73 Å². The summed E-state index contributed by atoms with van der Waals surface area (Å²) in [5.74, 6) is 1.03. The van der Waals surface area contributed by atoms with Gasteiger partial charge in [-0.25, -0.2) is 4.39 Å². The molecule has 0 aliphatic carbocycles. The fourth-order valence-electron chi connectivity index (χ4n) is 2.97. The summed E-state index contributed by atoms with van der Waals surface area (Å²) in [6.07, 6.45) is 0. The first kappa shape index (κ1) is 15.3. The summed E-state index contributed by atoms with van der Waals surface area (Å²) in [5, 5.41) is 1.40. The number of nitrogens with zero attached hydrogens (tertiary/aromatic N) is 1. The van der Waals surface area contributed by atoms with Crippen LogP contribution in [0.1, 0.15) is 24.3 Å². The molecule has 0 radical (unpaired) electrons. The highest BCUT2D eigenvalue weighted by atomic mass is 32.2. The maximum Gasteiger partial charge on any atom is 0.132 e. The molecule has 2 atom stereocenters. The van der Waals surface area contributed by atoms with Gasteiger partial charge in [0, 0.05) is 51.6 Å². The van der Waals surface area contributed by atoms with Crippen molar-refractivity contribution >= 4 is 33.2 Å². The van der Waals surface area contributed by atoms with Crippen LogP contribution in [-0.4, -0.2) is 28.5 Å². The Labute approximate surface area is 133 Å². The Morgan fingerprint density at radius 3 is 2.95 bits per heavy atom. The van der Waals surface area contributed by atoms with Gasteiger partial charge in [0.2, 0.25) is 0 Å². The largest absolute Gasteiger partial charge is 0.326 e. The van der Waals surface area contributed by atoms with Crippen LogP contribution < -0.4 is 5.73 Å². The van der Waals surface area contributed by atoms with Gasteiger partial charge in [-0.1, -0.05) is 13.0 Å². The molecule has 2 aromatic rings. The first-order valence-electron chi connectivity index (χ1n) is 7.36. The van der Waals surface area contributed by atoms with E-state index in [2.05, 4.69) is 18.7 Å². The number of rotatable bonds is 3. The zero-order valence-corrected chi connectivity index (χ0v) is 14.1. The van der Waals surface area contributed by atoms with Gasteiger partial charge in [-0.05, 0) is 24.6 Å². The molecular formula is C16H21FN2S2. The summed E-state index contributed by atoms with van der Waals surface area (Å²) in [7, 11) is 0. The van der Waals surface area contributed by atoms with E-state index >= 15 is 0 Å². The van der Waals surface area contributed by atoms with Crippen LogP contribution in [0.15, 0.2) is 18.2 Å². The van der Waals surface area contributed by atoms with Crippen LogP contribution in [-0.2, 0) is 13.1 Å². The van der Waals surface area contributed by atoms with Crippen molar-refractivity contribution in [3.8, 4) is 0 Å². The molecule has 5 heteroatoms. The molecule has 0 spiro atoms. The van der Waals surface area contributed by atoms with Crippen molar-refractivity contribution in [3.05, 3.63) is 34.5 Å². The van der Waals surface area contributed by atoms with E-state index in [-0.39, 0.29) is 5.82 Å². The van der Waals surface area contributed by atoms with Gasteiger partial charge in [0.05, 0.1) is 0 Å². The molecule has 2 unspecified atom stereocenters. The molecule has 1 fully saturated rings. The van der Waals surface area contributed by atoms with Crippen LogP contribution in [0.3, 0.4) is 0 Å². The number of thiophene rings is 1. The molecule has 1 aliphatic heterocycles. The number of fused-ring (bicyclic) bond motifs is 1. The molecule has 21 heavy (non-hydrogen) atoms. The van der Waals surface area contributed by atoms with E-state index in [1.54, 1.807) is 23.5 Å². The number of halogens is 1. The first-order valence-corrected chi connectivity index (χ1v) is 9.22. The summed E-state index contributed by atoms with van der Waals surface area (Å²) in [4.78, 5) is 3.59. The molecule has 2 heterocycles. The second-order valence-corrected chi connectivity index (χ2v) is 8.23. The van der Waals surface area contributed by atoms with Gasteiger partial charge in [-0.3, -0.25) is 4.90 Å². The molecule has 2 nitrogen and oxygen atoms in total. The Hall–Kier alpha value is -0.620. The lowest BCUT2D eigenvalue weighted by molar-refractivity contribution is 0.205. The van der Waals surface area contributed by atoms with Crippen molar-refractivity contribution in [3.63, 3.8) is 0 Å². The molecule has 1 aromatic heterocycles. The Morgan fingerprint density at radius 2 is 2.19 bits per heavy atom. The maximum atomic E-state index is 14.3. The van der Waals surface area contributed by atoms with E-state index in [1.165, 1.54) is 0 Å². The molecule has 1 aliphatic rings. The van der Waals surface area contributed by atoms with Crippen molar-refractivity contribution in [2.45, 2.75) is 38.2 Å². The Balaban J connectivity index is 1.99. The van der Waals surface area contributed by atoms with Crippen LogP contribution in [0.5, 0.6) is 0 Å². The van der Waals surface area contributed by atoms with Crippen molar-refractivity contribution in [1.82, 2.24) is 4.90 Å². The van der Waals surface area contributed by atoms with Crippen molar-refractivity contribution < 1.29 is 4.39 Å². The molecular weight excluding hydrogens is 303 g/mol. The van der Waals surface area contributed by atoms with Gasteiger partial charge in [0.15, 0.2) is 0 Å². The zero-order valence-electron chi connectivity index (χ0n) is 12.4. The normalized spacial score (nSPS) is 23.8. The summed E-state index contributed by atoms with van der Waals surface area (Å²) < 4.78 is 15.3. The highest BCUT2D eigenvalue weighted by molar-refractivity contribution is 8.00. The minimum atomic E-state index is -0.120. The summed E-state index contributed by atoms with van der Waals surface area (Å²) in [6.45, 7) is 6.90. The van der Waals surface area contributed by atoms with Crippen LogP contribution in [0, 0.1) is 5.82 Å². The molecule has 0 saturated carbocycles. The van der Waals surface area contributed by atoms with E-state index in [1.807, 2.05) is 17.8 Å². The predicted molar refractivity (Wildman–Crippen MR) is 91.5 cm³/mol. The molecule has 114 valence electrons. The van der Waals surface area contributed by atoms with E-state index in [0.29, 0.717) is 17.8 Å². The van der Waals surface area contributed by atoms with Crippen LogP contribution >= 0.6 is 23.1 Å². The van der Waals surface area contributed by atoms with Gasteiger partial charge < -0.3 is 5.73 Å². The SMILES string of the molecule is CC1SCCN(Cc2c(CN)sc3cccc(F)c23)C1C. The second-order valence-electron chi connectivity index (χ2n) is 5.61. The Morgan fingerprint density at radius 1 is 1.38 bits per heavy atom. The average molecular weight is 324 g/mol. The summed E-state index contributed by atoms with van der Waals surface area (Å²) in [6, 6.07) is 5.83. The van der Waals surface area contributed by atoms with E-state index in [4.69, 9.17) is 5.73 Å². The smallest absolute Gasteiger partial charge is 0.132 e. The third-order valence-corrected chi connectivity index (χ3v) is 6.97. The van der Waals surface area contributed by atoms with Gasteiger partial charge in [-0.15, -0.1) is 11.3 Å². The topological polar surface area (TPSA) is 29.3 Å². The van der Waals surface area contributed by atoms with Crippen molar-refractivity contribution in [2.75, 3.05) is 12.3 Å². The second kappa shape index (κ2) is 6.24. The van der Waals surface area contributed by atoms with Gasteiger partial charge in [0.25, 0.3) is 0 Å². The fraction of sp³-hybridized carbons (Fsp3) is 0.500. The third-order valence-electron chi connectivity index (χ3n) is 4.41. The molecule has 3 rings (SSSR count). The van der Waals surface area contributed by atoms with Gasteiger partial charge in [-0.2, -0.15) is 11.8 Å².